The smallest absolute Gasteiger partial charge is 0.231 e. The highest BCUT2D eigenvalue weighted by molar-refractivity contribution is 5.95. The second-order valence-corrected chi connectivity index (χ2v) is 6.51. The lowest BCUT2D eigenvalue weighted by atomic mass is 9.81. The molecule has 0 spiro atoms. The molecule has 6 heteroatoms. The predicted octanol–water partition coefficient (Wildman–Crippen LogP) is 1.79. The molecule has 1 aromatic rings. The second-order valence-electron chi connectivity index (χ2n) is 6.51. The maximum absolute atomic E-state index is 12.5. The maximum Gasteiger partial charge on any atom is 0.231 e. The van der Waals surface area contributed by atoms with E-state index in [-0.39, 0.29) is 11.8 Å². The Balaban J connectivity index is 1.95. The molecule has 0 saturated carbocycles. The van der Waals surface area contributed by atoms with E-state index in [1.807, 2.05) is 43.0 Å². The molecule has 2 rings (SSSR count). The summed E-state index contributed by atoms with van der Waals surface area (Å²) < 4.78 is 5.26. The Kier molecular flexibility index (Phi) is 6.96. The van der Waals surface area contributed by atoms with E-state index in [1.54, 1.807) is 0 Å². The van der Waals surface area contributed by atoms with Crippen molar-refractivity contribution in [3.05, 3.63) is 29.8 Å². The highest BCUT2D eigenvalue weighted by Gasteiger charge is 2.33. The van der Waals surface area contributed by atoms with E-state index >= 15 is 0 Å². The van der Waals surface area contributed by atoms with E-state index in [4.69, 9.17) is 10.5 Å². The number of ether oxygens (including phenoxy) is 1. The van der Waals surface area contributed by atoms with Crippen LogP contribution in [0.1, 0.15) is 32.3 Å². The molecule has 3 N–H and O–H groups in total. The molecule has 1 aromatic carbocycles. The van der Waals surface area contributed by atoms with Crippen LogP contribution in [0.3, 0.4) is 0 Å². The van der Waals surface area contributed by atoms with Crippen LogP contribution in [0.4, 0.5) is 5.69 Å². The largest absolute Gasteiger partial charge is 0.378 e. The molecule has 0 radical (unpaired) electrons. The van der Waals surface area contributed by atoms with Crippen molar-refractivity contribution in [2.45, 2.75) is 33.1 Å². The van der Waals surface area contributed by atoms with Gasteiger partial charge in [-0.25, -0.2) is 0 Å². The summed E-state index contributed by atoms with van der Waals surface area (Å²) in [5, 5.41) is 2.95. The number of anilines is 1. The Labute approximate surface area is 149 Å². The second kappa shape index (κ2) is 8.97. The van der Waals surface area contributed by atoms with Gasteiger partial charge in [0.15, 0.2) is 0 Å². The van der Waals surface area contributed by atoms with Crippen molar-refractivity contribution < 1.29 is 14.3 Å². The number of nitrogens with one attached hydrogen (secondary N) is 1. The molecule has 138 valence electrons. The fourth-order valence-electron chi connectivity index (χ4n) is 3.02. The Hall–Kier alpha value is -1.92. The first-order valence-electron chi connectivity index (χ1n) is 9.00. The summed E-state index contributed by atoms with van der Waals surface area (Å²) in [6.45, 7) is 6.82. The molecule has 1 aliphatic rings. The van der Waals surface area contributed by atoms with Gasteiger partial charge in [0.2, 0.25) is 11.8 Å². The first-order chi connectivity index (χ1) is 12.0. The van der Waals surface area contributed by atoms with Crippen molar-refractivity contribution in [1.29, 1.82) is 0 Å². The lowest BCUT2D eigenvalue weighted by Gasteiger charge is -2.28. The van der Waals surface area contributed by atoms with Crippen LogP contribution in [0.5, 0.6) is 0 Å². The normalized spacial score (nSPS) is 15.1. The molecule has 0 atom stereocenters. The highest BCUT2D eigenvalue weighted by Crippen LogP contribution is 2.27. The van der Waals surface area contributed by atoms with Gasteiger partial charge in [-0.15, -0.1) is 0 Å². The summed E-state index contributed by atoms with van der Waals surface area (Å²) in [4.78, 5) is 26.6. The Morgan fingerprint density at radius 3 is 2.28 bits per heavy atom. The number of morpholine rings is 1. The van der Waals surface area contributed by atoms with Crippen molar-refractivity contribution in [2.75, 3.05) is 38.2 Å². The Bertz CT molecular complexity index is 568. The zero-order valence-corrected chi connectivity index (χ0v) is 15.2. The molecule has 0 aromatic heterocycles. The fraction of sp³-hybridized carbons (Fsp3) is 0.579. The first kappa shape index (κ1) is 19.4. The third kappa shape index (κ3) is 4.80. The highest BCUT2D eigenvalue weighted by atomic mass is 16.5. The number of hydrogen-bond acceptors (Lipinski definition) is 4. The van der Waals surface area contributed by atoms with Gasteiger partial charge >= 0.3 is 0 Å². The van der Waals surface area contributed by atoms with Gasteiger partial charge in [-0.05, 0) is 30.5 Å². The molecule has 25 heavy (non-hydrogen) atoms. The van der Waals surface area contributed by atoms with Crippen molar-refractivity contribution in [2.24, 2.45) is 11.1 Å². The molecule has 1 fully saturated rings. The molecular weight excluding hydrogens is 318 g/mol. The van der Waals surface area contributed by atoms with Crippen LogP contribution in [0.15, 0.2) is 24.3 Å². The van der Waals surface area contributed by atoms with Gasteiger partial charge in [-0.1, -0.05) is 26.0 Å². The SMILES string of the molecule is CCC(CC)(CN)C(=O)Nc1ccc(CC(=O)N2CCOCC2)cc1. The average molecular weight is 347 g/mol. The lowest BCUT2D eigenvalue weighted by Crippen LogP contribution is -2.41. The van der Waals surface area contributed by atoms with Gasteiger partial charge in [-0.3, -0.25) is 9.59 Å². The fourth-order valence-corrected chi connectivity index (χ4v) is 3.02. The molecule has 0 bridgehead atoms. The van der Waals surface area contributed by atoms with Crippen LogP contribution in [-0.4, -0.2) is 49.6 Å². The minimum atomic E-state index is -0.523. The Morgan fingerprint density at radius 2 is 1.76 bits per heavy atom. The van der Waals surface area contributed by atoms with Gasteiger partial charge in [0.05, 0.1) is 25.0 Å². The monoisotopic (exact) mass is 347 g/mol. The number of nitrogens with zero attached hydrogens (tertiary/aromatic N) is 1. The number of amides is 2. The molecule has 1 saturated heterocycles. The summed E-state index contributed by atoms with van der Waals surface area (Å²) in [7, 11) is 0. The van der Waals surface area contributed by atoms with Crippen LogP contribution in [-0.2, 0) is 20.7 Å². The number of benzene rings is 1. The van der Waals surface area contributed by atoms with Gasteiger partial charge < -0.3 is 20.7 Å². The molecule has 6 nitrogen and oxygen atoms in total. The van der Waals surface area contributed by atoms with Crippen molar-refractivity contribution >= 4 is 17.5 Å². The predicted molar refractivity (Wildman–Crippen MR) is 98.2 cm³/mol. The molecule has 1 heterocycles. The summed E-state index contributed by atoms with van der Waals surface area (Å²) >= 11 is 0. The Morgan fingerprint density at radius 1 is 1.16 bits per heavy atom. The summed E-state index contributed by atoms with van der Waals surface area (Å²) in [6, 6.07) is 7.45. The molecule has 0 unspecified atom stereocenters. The van der Waals surface area contributed by atoms with E-state index < -0.39 is 5.41 Å². The number of nitrogens with two attached hydrogens (primary N) is 1. The molecule has 1 aliphatic heterocycles. The van der Waals surface area contributed by atoms with E-state index in [1.165, 1.54) is 0 Å². The van der Waals surface area contributed by atoms with E-state index in [0.29, 0.717) is 52.1 Å². The van der Waals surface area contributed by atoms with Crippen LogP contribution >= 0.6 is 0 Å². The maximum atomic E-state index is 12.5. The van der Waals surface area contributed by atoms with Gasteiger partial charge in [0.25, 0.3) is 0 Å². The van der Waals surface area contributed by atoms with Gasteiger partial charge in [0.1, 0.15) is 0 Å². The summed E-state index contributed by atoms with van der Waals surface area (Å²) in [5.41, 5.74) is 6.96. The summed E-state index contributed by atoms with van der Waals surface area (Å²) in [6.07, 6.45) is 1.78. The van der Waals surface area contributed by atoms with Crippen LogP contribution in [0.2, 0.25) is 0 Å². The standard InChI is InChI=1S/C19H29N3O3/c1-3-19(4-2,14-20)18(24)21-16-7-5-15(6-8-16)13-17(23)22-9-11-25-12-10-22/h5-8H,3-4,9-14,20H2,1-2H3,(H,21,24). The third-order valence-corrected chi connectivity index (χ3v) is 5.16. The topological polar surface area (TPSA) is 84.7 Å². The van der Waals surface area contributed by atoms with Crippen molar-refractivity contribution in [3.63, 3.8) is 0 Å². The third-order valence-electron chi connectivity index (χ3n) is 5.16. The van der Waals surface area contributed by atoms with Gasteiger partial charge in [0, 0.05) is 25.3 Å². The molecule has 0 aliphatic carbocycles. The minimum absolute atomic E-state index is 0.0443. The van der Waals surface area contributed by atoms with E-state index in [0.717, 1.165) is 11.3 Å². The van der Waals surface area contributed by atoms with Crippen molar-refractivity contribution in [3.8, 4) is 0 Å². The van der Waals surface area contributed by atoms with Crippen LogP contribution in [0, 0.1) is 5.41 Å². The average Bonchev–Trinajstić information content (AvgIpc) is 2.66. The quantitative estimate of drug-likeness (QED) is 0.787. The summed E-state index contributed by atoms with van der Waals surface area (Å²) in [5.74, 6) is 0.0661. The van der Waals surface area contributed by atoms with E-state index in [2.05, 4.69) is 5.32 Å². The zero-order valence-electron chi connectivity index (χ0n) is 15.2. The van der Waals surface area contributed by atoms with Crippen LogP contribution < -0.4 is 11.1 Å². The number of hydrogen-bond donors (Lipinski definition) is 2. The number of carbonyl (C=O) groups excluding carboxylic acids is 2. The number of rotatable bonds is 7. The molecular formula is C19H29N3O3. The van der Waals surface area contributed by atoms with Crippen molar-refractivity contribution in [1.82, 2.24) is 4.90 Å². The first-order valence-corrected chi connectivity index (χ1v) is 9.00. The van der Waals surface area contributed by atoms with Gasteiger partial charge in [-0.2, -0.15) is 0 Å². The minimum Gasteiger partial charge on any atom is -0.378 e. The van der Waals surface area contributed by atoms with E-state index in [9.17, 15) is 9.59 Å². The number of carbonyl (C=O) groups is 2. The molecule has 2 amide bonds. The van der Waals surface area contributed by atoms with Crippen LogP contribution in [0.25, 0.3) is 0 Å². The zero-order chi connectivity index (χ0) is 18.3. The lowest BCUT2D eigenvalue weighted by molar-refractivity contribution is -0.134.